The fraction of sp³-hybridized carbons (Fsp3) is 0.231. The molecule has 0 unspecified atom stereocenters. The van der Waals surface area contributed by atoms with Crippen molar-refractivity contribution in [3.8, 4) is 6.07 Å². The van der Waals surface area contributed by atoms with Crippen LogP contribution in [0.4, 0.5) is 5.82 Å². The summed E-state index contributed by atoms with van der Waals surface area (Å²) in [6.45, 7) is 0.859. The minimum atomic E-state index is 0.669. The Balaban J connectivity index is 2.36. The number of nitrogens with zero attached hydrogens (tertiary/aromatic N) is 2. The molecule has 0 atom stereocenters. The third kappa shape index (κ3) is 2.69. The summed E-state index contributed by atoms with van der Waals surface area (Å²) in [7, 11) is 0. The predicted octanol–water partition coefficient (Wildman–Crippen LogP) is 2.88. The zero-order valence-electron chi connectivity index (χ0n) is 9.60. The van der Waals surface area contributed by atoms with Crippen LogP contribution < -0.4 is 5.32 Å². The molecule has 0 bridgehead atoms. The van der Waals surface area contributed by atoms with Crippen molar-refractivity contribution in [2.75, 3.05) is 23.9 Å². The minimum Gasteiger partial charge on any atom is -0.369 e. The highest BCUT2D eigenvalue weighted by Gasteiger charge is 2.04. The number of hydrogen-bond acceptors (Lipinski definition) is 4. The van der Waals surface area contributed by atoms with E-state index >= 15 is 0 Å². The van der Waals surface area contributed by atoms with Crippen LogP contribution in [-0.4, -0.2) is 23.5 Å². The third-order valence-corrected chi connectivity index (χ3v) is 3.06. The molecule has 4 heteroatoms. The molecule has 0 radical (unpaired) electrons. The number of anilines is 1. The molecule has 1 N–H and O–H groups in total. The average Bonchev–Trinajstić information content (AvgIpc) is 2.38. The molecule has 86 valence electrons. The Labute approximate surface area is 105 Å². The van der Waals surface area contributed by atoms with Crippen molar-refractivity contribution in [3.63, 3.8) is 0 Å². The van der Waals surface area contributed by atoms with Crippen molar-refractivity contribution in [1.82, 2.24) is 4.98 Å². The van der Waals surface area contributed by atoms with E-state index in [0.29, 0.717) is 5.56 Å². The molecule has 0 amide bonds. The van der Waals surface area contributed by atoms with Gasteiger partial charge in [-0.1, -0.05) is 18.2 Å². The Bertz CT molecular complexity index is 560. The Morgan fingerprint density at radius 2 is 2.24 bits per heavy atom. The molecule has 0 aliphatic heterocycles. The second kappa shape index (κ2) is 5.55. The lowest BCUT2D eigenvalue weighted by atomic mass is 10.1. The van der Waals surface area contributed by atoms with E-state index in [4.69, 9.17) is 5.26 Å². The van der Waals surface area contributed by atoms with E-state index in [1.165, 1.54) is 0 Å². The van der Waals surface area contributed by atoms with E-state index in [0.717, 1.165) is 29.0 Å². The molecule has 0 fully saturated rings. The van der Waals surface area contributed by atoms with Crippen LogP contribution in [0.25, 0.3) is 10.9 Å². The van der Waals surface area contributed by atoms with Crippen molar-refractivity contribution in [3.05, 3.63) is 35.9 Å². The maximum Gasteiger partial charge on any atom is 0.128 e. The standard InChI is InChI=1S/C13H13N3S/c1-17-7-6-15-13-8-10(9-14)11-4-2-3-5-12(11)16-13/h2-5,8H,6-7H2,1H3,(H,15,16). The summed E-state index contributed by atoms with van der Waals surface area (Å²) in [4.78, 5) is 4.48. The molecule has 0 saturated heterocycles. The first-order valence-electron chi connectivity index (χ1n) is 5.38. The lowest BCUT2D eigenvalue weighted by Crippen LogP contribution is -2.05. The summed E-state index contributed by atoms with van der Waals surface area (Å²) in [6, 6.07) is 11.7. The molecule has 0 saturated carbocycles. The number of para-hydroxylation sites is 1. The number of nitrogens with one attached hydrogen (secondary N) is 1. The highest BCUT2D eigenvalue weighted by Crippen LogP contribution is 2.19. The molecule has 2 rings (SSSR count). The fourth-order valence-corrected chi connectivity index (χ4v) is 1.95. The second-order valence-electron chi connectivity index (χ2n) is 3.60. The quantitative estimate of drug-likeness (QED) is 0.839. The third-order valence-electron chi connectivity index (χ3n) is 2.45. The summed E-state index contributed by atoms with van der Waals surface area (Å²) in [5.41, 5.74) is 1.53. The number of rotatable bonds is 4. The molecule has 0 aliphatic rings. The maximum absolute atomic E-state index is 9.12. The minimum absolute atomic E-state index is 0.669. The number of hydrogen-bond donors (Lipinski definition) is 1. The number of nitriles is 1. The first-order valence-corrected chi connectivity index (χ1v) is 6.77. The highest BCUT2D eigenvalue weighted by molar-refractivity contribution is 7.98. The second-order valence-corrected chi connectivity index (χ2v) is 4.59. The van der Waals surface area contributed by atoms with Gasteiger partial charge in [0.25, 0.3) is 0 Å². The van der Waals surface area contributed by atoms with Crippen LogP contribution in [-0.2, 0) is 0 Å². The molecule has 0 aliphatic carbocycles. The van der Waals surface area contributed by atoms with Crippen LogP contribution in [0.3, 0.4) is 0 Å². The van der Waals surface area contributed by atoms with Gasteiger partial charge in [-0.3, -0.25) is 0 Å². The van der Waals surface area contributed by atoms with Crippen molar-refractivity contribution in [1.29, 1.82) is 5.26 Å². The van der Waals surface area contributed by atoms with Gasteiger partial charge in [0, 0.05) is 17.7 Å². The summed E-state index contributed by atoms with van der Waals surface area (Å²) in [5, 5.41) is 13.3. The van der Waals surface area contributed by atoms with Gasteiger partial charge in [0.15, 0.2) is 0 Å². The Kier molecular flexibility index (Phi) is 3.84. The molecule has 3 nitrogen and oxygen atoms in total. The SMILES string of the molecule is CSCCNc1cc(C#N)c2ccccc2n1. The van der Waals surface area contributed by atoms with Gasteiger partial charge in [-0.2, -0.15) is 17.0 Å². The maximum atomic E-state index is 9.12. The number of aromatic nitrogens is 1. The molecular formula is C13H13N3S. The van der Waals surface area contributed by atoms with Gasteiger partial charge in [-0.25, -0.2) is 4.98 Å². The first kappa shape index (κ1) is 11.7. The summed E-state index contributed by atoms with van der Waals surface area (Å²) < 4.78 is 0. The van der Waals surface area contributed by atoms with E-state index < -0.39 is 0 Å². The number of benzene rings is 1. The van der Waals surface area contributed by atoms with Gasteiger partial charge in [-0.15, -0.1) is 0 Å². The Morgan fingerprint density at radius 3 is 3.00 bits per heavy atom. The fourth-order valence-electron chi connectivity index (χ4n) is 1.64. The average molecular weight is 243 g/mol. The zero-order valence-corrected chi connectivity index (χ0v) is 10.4. The largest absolute Gasteiger partial charge is 0.369 e. The lowest BCUT2D eigenvalue weighted by Gasteiger charge is -2.07. The monoisotopic (exact) mass is 243 g/mol. The molecular weight excluding hydrogens is 230 g/mol. The van der Waals surface area contributed by atoms with Crippen LogP contribution in [0.2, 0.25) is 0 Å². The van der Waals surface area contributed by atoms with Gasteiger partial charge in [0.1, 0.15) is 5.82 Å². The summed E-state index contributed by atoms with van der Waals surface area (Å²) in [6.07, 6.45) is 2.07. The van der Waals surface area contributed by atoms with E-state index in [9.17, 15) is 0 Å². The molecule has 1 aromatic heterocycles. The van der Waals surface area contributed by atoms with Gasteiger partial charge in [0.2, 0.25) is 0 Å². The van der Waals surface area contributed by atoms with Crippen LogP contribution in [0, 0.1) is 11.3 Å². The van der Waals surface area contributed by atoms with Crippen LogP contribution in [0.1, 0.15) is 5.56 Å². The van der Waals surface area contributed by atoms with Crippen molar-refractivity contribution in [2.45, 2.75) is 0 Å². The lowest BCUT2D eigenvalue weighted by molar-refractivity contribution is 1.19. The van der Waals surface area contributed by atoms with Crippen molar-refractivity contribution in [2.24, 2.45) is 0 Å². The number of fused-ring (bicyclic) bond motifs is 1. The van der Waals surface area contributed by atoms with Gasteiger partial charge >= 0.3 is 0 Å². The van der Waals surface area contributed by atoms with Gasteiger partial charge < -0.3 is 5.32 Å². The van der Waals surface area contributed by atoms with Crippen LogP contribution in [0.15, 0.2) is 30.3 Å². The molecule has 0 spiro atoms. The molecule has 17 heavy (non-hydrogen) atoms. The highest BCUT2D eigenvalue weighted by atomic mass is 32.2. The topological polar surface area (TPSA) is 48.7 Å². The summed E-state index contributed by atoms with van der Waals surface area (Å²) in [5.74, 6) is 1.80. The summed E-state index contributed by atoms with van der Waals surface area (Å²) >= 11 is 1.78. The molecule has 1 aromatic carbocycles. The molecule has 2 aromatic rings. The van der Waals surface area contributed by atoms with Crippen LogP contribution >= 0.6 is 11.8 Å². The van der Waals surface area contributed by atoms with Gasteiger partial charge in [0.05, 0.1) is 17.1 Å². The van der Waals surface area contributed by atoms with Crippen LogP contribution in [0.5, 0.6) is 0 Å². The Hall–Kier alpha value is -1.73. The predicted molar refractivity (Wildman–Crippen MR) is 73.3 cm³/mol. The van der Waals surface area contributed by atoms with E-state index in [-0.39, 0.29) is 0 Å². The van der Waals surface area contributed by atoms with E-state index in [2.05, 4.69) is 22.6 Å². The van der Waals surface area contributed by atoms with E-state index in [1.807, 2.05) is 30.3 Å². The van der Waals surface area contributed by atoms with Gasteiger partial charge in [-0.05, 0) is 18.4 Å². The van der Waals surface area contributed by atoms with E-state index in [1.54, 1.807) is 11.8 Å². The number of pyridine rings is 1. The van der Waals surface area contributed by atoms with Crippen molar-refractivity contribution < 1.29 is 0 Å². The Morgan fingerprint density at radius 1 is 1.41 bits per heavy atom. The van der Waals surface area contributed by atoms with Crippen molar-refractivity contribution >= 4 is 28.5 Å². The normalized spacial score (nSPS) is 10.1. The number of thioether (sulfide) groups is 1. The first-order chi connectivity index (χ1) is 8.35. The smallest absolute Gasteiger partial charge is 0.128 e. The molecule has 1 heterocycles. The zero-order chi connectivity index (χ0) is 12.1.